The van der Waals surface area contributed by atoms with E-state index in [1.54, 1.807) is 4.90 Å². The number of thioether (sulfide) groups is 1. The quantitative estimate of drug-likeness (QED) is 0.513. The van der Waals surface area contributed by atoms with Crippen molar-refractivity contribution >= 4 is 34.8 Å². The van der Waals surface area contributed by atoms with Crippen LogP contribution in [0.2, 0.25) is 0 Å². The highest BCUT2D eigenvalue weighted by Gasteiger charge is 2.24. The third-order valence-electron chi connectivity index (χ3n) is 4.63. The van der Waals surface area contributed by atoms with Crippen LogP contribution in [0.1, 0.15) is 22.5 Å². The fourth-order valence-corrected chi connectivity index (χ4v) is 3.91. The molecule has 0 N–H and O–H groups in total. The van der Waals surface area contributed by atoms with Crippen molar-refractivity contribution < 1.29 is 14.3 Å². The van der Waals surface area contributed by atoms with E-state index in [-0.39, 0.29) is 18.2 Å². The zero-order chi connectivity index (χ0) is 18.8. The van der Waals surface area contributed by atoms with Crippen molar-refractivity contribution in [2.75, 3.05) is 24.3 Å². The molecule has 0 spiro atoms. The van der Waals surface area contributed by atoms with Gasteiger partial charge in [-0.2, -0.15) is 0 Å². The van der Waals surface area contributed by atoms with E-state index in [2.05, 4.69) is 4.98 Å². The smallest absolute Gasteiger partial charge is 0.359 e. The molecule has 3 heterocycles. The summed E-state index contributed by atoms with van der Waals surface area (Å²) in [6.07, 6.45) is 5.60. The standard InChI is InChI=1S/C20H19N3O3S/c1-27-20-21-18(16-10-4-5-11-23(16)20)19(25)26-13-17(24)22-12-6-8-14-7-2-3-9-15(14)22/h2-5,7,9-11H,6,8,12-13H2,1H3. The predicted molar refractivity (Wildman–Crippen MR) is 104 cm³/mol. The molecule has 4 rings (SSSR count). The summed E-state index contributed by atoms with van der Waals surface area (Å²) in [5.74, 6) is -0.804. The summed E-state index contributed by atoms with van der Waals surface area (Å²) >= 11 is 1.44. The molecule has 0 aliphatic carbocycles. The molecule has 0 unspecified atom stereocenters. The summed E-state index contributed by atoms with van der Waals surface area (Å²) < 4.78 is 7.15. The van der Waals surface area contributed by atoms with E-state index in [0.29, 0.717) is 17.2 Å². The van der Waals surface area contributed by atoms with Crippen molar-refractivity contribution in [2.45, 2.75) is 18.0 Å². The lowest BCUT2D eigenvalue weighted by Crippen LogP contribution is -2.38. The summed E-state index contributed by atoms with van der Waals surface area (Å²) in [7, 11) is 0. The summed E-state index contributed by atoms with van der Waals surface area (Å²) in [6.45, 7) is 0.338. The van der Waals surface area contributed by atoms with Gasteiger partial charge in [0.1, 0.15) is 0 Å². The number of rotatable bonds is 4. The van der Waals surface area contributed by atoms with Gasteiger partial charge in [0.05, 0.1) is 5.52 Å². The van der Waals surface area contributed by atoms with Gasteiger partial charge in [0.15, 0.2) is 17.5 Å². The molecule has 0 bridgehead atoms. The Labute approximate surface area is 161 Å². The van der Waals surface area contributed by atoms with E-state index in [4.69, 9.17) is 4.74 Å². The molecule has 27 heavy (non-hydrogen) atoms. The number of aryl methyl sites for hydroxylation is 1. The van der Waals surface area contributed by atoms with E-state index < -0.39 is 5.97 Å². The maximum absolute atomic E-state index is 12.6. The SMILES string of the molecule is CSc1nc(C(=O)OCC(=O)N2CCCc3ccccc32)c2ccccn12. The van der Waals surface area contributed by atoms with E-state index in [0.717, 1.165) is 24.1 Å². The van der Waals surface area contributed by atoms with E-state index in [1.807, 2.05) is 59.3 Å². The largest absolute Gasteiger partial charge is 0.451 e. The Morgan fingerprint density at radius 3 is 2.85 bits per heavy atom. The number of anilines is 1. The number of hydrogen-bond donors (Lipinski definition) is 0. The van der Waals surface area contributed by atoms with Gasteiger partial charge in [-0.1, -0.05) is 36.0 Å². The fourth-order valence-electron chi connectivity index (χ4n) is 3.37. The third-order valence-corrected chi connectivity index (χ3v) is 5.28. The Hall–Kier alpha value is -2.80. The Balaban J connectivity index is 1.50. The number of amides is 1. The summed E-state index contributed by atoms with van der Waals surface area (Å²) in [4.78, 5) is 31.2. The first-order chi connectivity index (χ1) is 13.2. The third kappa shape index (κ3) is 3.30. The second-order valence-electron chi connectivity index (χ2n) is 6.26. The molecule has 1 aliphatic rings. The molecule has 0 atom stereocenters. The molecule has 7 heteroatoms. The molecule has 1 amide bonds. The number of benzene rings is 1. The Bertz CT molecular complexity index is 1010. The lowest BCUT2D eigenvalue weighted by molar-refractivity contribution is -0.121. The van der Waals surface area contributed by atoms with Gasteiger partial charge in [-0.15, -0.1) is 0 Å². The number of carbonyl (C=O) groups is 2. The molecule has 138 valence electrons. The first kappa shape index (κ1) is 17.6. The fraction of sp³-hybridized carbons (Fsp3) is 0.250. The molecule has 0 fully saturated rings. The number of carbonyl (C=O) groups excluding carboxylic acids is 2. The number of hydrogen-bond acceptors (Lipinski definition) is 5. The van der Waals surface area contributed by atoms with E-state index in [1.165, 1.54) is 11.8 Å². The maximum atomic E-state index is 12.6. The van der Waals surface area contributed by atoms with Crippen molar-refractivity contribution in [2.24, 2.45) is 0 Å². The van der Waals surface area contributed by atoms with Crippen molar-refractivity contribution in [3.63, 3.8) is 0 Å². The summed E-state index contributed by atoms with van der Waals surface area (Å²) in [5, 5.41) is 0.703. The van der Waals surface area contributed by atoms with Crippen LogP contribution in [-0.2, 0) is 16.0 Å². The van der Waals surface area contributed by atoms with Gasteiger partial charge in [0.2, 0.25) is 0 Å². The summed E-state index contributed by atoms with van der Waals surface area (Å²) in [5.41, 5.74) is 2.95. The van der Waals surface area contributed by atoms with Crippen molar-refractivity contribution in [1.82, 2.24) is 9.38 Å². The topological polar surface area (TPSA) is 63.9 Å². The molecular formula is C20H19N3O3S. The molecule has 0 saturated carbocycles. The van der Waals surface area contributed by atoms with Crippen LogP contribution in [-0.4, -0.2) is 40.7 Å². The van der Waals surface area contributed by atoms with Gasteiger partial charge in [-0.25, -0.2) is 9.78 Å². The molecule has 2 aromatic heterocycles. The van der Waals surface area contributed by atoms with Crippen LogP contribution in [0.4, 0.5) is 5.69 Å². The van der Waals surface area contributed by atoms with Gasteiger partial charge >= 0.3 is 5.97 Å². The zero-order valence-corrected chi connectivity index (χ0v) is 15.7. The van der Waals surface area contributed by atoms with E-state index in [9.17, 15) is 9.59 Å². The molecule has 1 aliphatic heterocycles. The van der Waals surface area contributed by atoms with Gasteiger partial charge in [-0.3, -0.25) is 9.20 Å². The Kier molecular flexibility index (Phi) is 4.85. The van der Waals surface area contributed by atoms with Gasteiger partial charge < -0.3 is 9.64 Å². The molecule has 0 radical (unpaired) electrons. The monoisotopic (exact) mass is 381 g/mol. The lowest BCUT2D eigenvalue weighted by Gasteiger charge is -2.29. The number of esters is 1. The molecular weight excluding hydrogens is 362 g/mol. The average molecular weight is 381 g/mol. The van der Waals surface area contributed by atoms with Gasteiger partial charge in [0, 0.05) is 18.4 Å². The molecule has 3 aromatic rings. The van der Waals surface area contributed by atoms with Crippen LogP contribution >= 0.6 is 11.8 Å². The number of nitrogens with zero attached hydrogens (tertiary/aromatic N) is 3. The Morgan fingerprint density at radius 2 is 2.00 bits per heavy atom. The van der Waals surface area contributed by atoms with Crippen molar-refractivity contribution in [1.29, 1.82) is 0 Å². The average Bonchev–Trinajstić information content (AvgIpc) is 3.10. The van der Waals surface area contributed by atoms with Gasteiger partial charge in [-0.05, 0) is 42.9 Å². The number of imidazole rings is 1. The number of pyridine rings is 1. The minimum atomic E-state index is -0.586. The van der Waals surface area contributed by atoms with Crippen LogP contribution in [0, 0.1) is 0 Å². The highest BCUT2D eigenvalue weighted by molar-refractivity contribution is 7.98. The van der Waals surface area contributed by atoms with Crippen molar-refractivity contribution in [3.8, 4) is 0 Å². The van der Waals surface area contributed by atoms with Crippen LogP contribution in [0.15, 0.2) is 53.8 Å². The molecule has 1 aromatic carbocycles. The van der Waals surface area contributed by atoms with Crippen LogP contribution < -0.4 is 4.90 Å². The zero-order valence-electron chi connectivity index (χ0n) is 14.9. The van der Waals surface area contributed by atoms with Crippen LogP contribution in [0.5, 0.6) is 0 Å². The first-order valence-corrected chi connectivity index (χ1v) is 9.98. The predicted octanol–water partition coefficient (Wildman–Crippen LogP) is 3.19. The number of fused-ring (bicyclic) bond motifs is 2. The first-order valence-electron chi connectivity index (χ1n) is 8.75. The minimum absolute atomic E-state index is 0.218. The highest BCUT2D eigenvalue weighted by atomic mass is 32.2. The van der Waals surface area contributed by atoms with E-state index >= 15 is 0 Å². The second-order valence-corrected chi connectivity index (χ2v) is 7.03. The second kappa shape index (κ2) is 7.44. The van der Waals surface area contributed by atoms with Crippen LogP contribution in [0.25, 0.3) is 5.52 Å². The number of ether oxygens (including phenoxy) is 1. The lowest BCUT2D eigenvalue weighted by atomic mass is 10.0. The Morgan fingerprint density at radius 1 is 1.19 bits per heavy atom. The number of aromatic nitrogens is 2. The normalized spacial score (nSPS) is 13.4. The highest BCUT2D eigenvalue weighted by Crippen LogP contribution is 2.27. The number of para-hydroxylation sites is 1. The van der Waals surface area contributed by atoms with Crippen molar-refractivity contribution in [3.05, 3.63) is 59.9 Å². The molecule has 6 nitrogen and oxygen atoms in total. The molecule has 0 saturated heterocycles. The van der Waals surface area contributed by atoms with Gasteiger partial charge in [0.25, 0.3) is 5.91 Å². The maximum Gasteiger partial charge on any atom is 0.359 e. The minimum Gasteiger partial charge on any atom is -0.451 e. The summed E-state index contributed by atoms with van der Waals surface area (Å²) in [6, 6.07) is 13.4. The van der Waals surface area contributed by atoms with Crippen LogP contribution in [0.3, 0.4) is 0 Å².